The molecule has 10 heteroatoms. The maximum atomic E-state index is 12.6. The summed E-state index contributed by atoms with van der Waals surface area (Å²) in [5.41, 5.74) is 1.95. The van der Waals surface area contributed by atoms with Crippen LogP contribution in [-0.2, 0) is 19.3 Å². The minimum absolute atomic E-state index is 0.119. The normalized spacial score (nSPS) is 19.7. The lowest BCUT2D eigenvalue weighted by Gasteiger charge is -2.34. The molecule has 184 valence electrons. The molecule has 1 aromatic carbocycles. The molecular weight excluding hydrogens is 454 g/mol. The van der Waals surface area contributed by atoms with Gasteiger partial charge in [-0.2, -0.15) is 0 Å². The monoisotopic (exact) mass is 487 g/mol. The molecule has 0 spiro atoms. The fourth-order valence-electron chi connectivity index (χ4n) is 4.12. The summed E-state index contributed by atoms with van der Waals surface area (Å²) >= 11 is 0. The van der Waals surface area contributed by atoms with Crippen LogP contribution in [0, 0.1) is 5.92 Å². The van der Waals surface area contributed by atoms with Gasteiger partial charge in [0.05, 0.1) is 24.9 Å². The predicted molar refractivity (Wildman–Crippen MR) is 133 cm³/mol. The SMILES string of the molecule is CC(C)CNC(=O)Nc1ccc(-c2nc(N3CCOC[C@@H]3C)cc(C3(S(C)(=O)=O)CC3)n2)cc1. The Morgan fingerprint density at radius 1 is 1.24 bits per heavy atom. The standard InChI is InChI=1S/C24H33N5O4S/c1-16(2)14-25-23(30)26-19-7-5-18(6-8-19)22-27-20(24(9-10-24)34(4,31)32)13-21(28-22)29-11-12-33-15-17(29)3/h5-8,13,16-17H,9-12,14-15H2,1-4H3,(H2,25,26,30)/t17-/m0/s1. The molecule has 2 N–H and O–H groups in total. The van der Waals surface area contributed by atoms with Crippen molar-refractivity contribution in [3.05, 3.63) is 36.0 Å². The molecule has 1 saturated carbocycles. The van der Waals surface area contributed by atoms with Crippen molar-refractivity contribution in [3.8, 4) is 11.4 Å². The molecule has 1 saturated heterocycles. The van der Waals surface area contributed by atoms with Crippen molar-refractivity contribution >= 4 is 27.4 Å². The largest absolute Gasteiger partial charge is 0.377 e. The number of carbonyl (C=O) groups excluding carboxylic acids is 1. The smallest absolute Gasteiger partial charge is 0.319 e. The maximum Gasteiger partial charge on any atom is 0.319 e. The van der Waals surface area contributed by atoms with E-state index in [9.17, 15) is 13.2 Å². The molecule has 0 radical (unpaired) electrons. The summed E-state index contributed by atoms with van der Waals surface area (Å²) < 4.78 is 29.9. The molecule has 2 aromatic rings. The lowest BCUT2D eigenvalue weighted by Crippen LogP contribution is -2.44. The Labute approximate surface area is 201 Å². The van der Waals surface area contributed by atoms with E-state index in [4.69, 9.17) is 14.7 Å². The third-order valence-electron chi connectivity index (χ3n) is 6.33. The molecule has 0 unspecified atom stereocenters. The number of amides is 2. The third-order valence-corrected chi connectivity index (χ3v) is 8.36. The van der Waals surface area contributed by atoms with E-state index < -0.39 is 14.6 Å². The molecular formula is C24H33N5O4S. The minimum Gasteiger partial charge on any atom is -0.377 e. The number of benzene rings is 1. The van der Waals surface area contributed by atoms with Gasteiger partial charge >= 0.3 is 6.03 Å². The fourth-order valence-corrected chi connectivity index (χ4v) is 5.44. The molecule has 2 heterocycles. The number of morpholine rings is 1. The van der Waals surface area contributed by atoms with E-state index in [0.29, 0.717) is 68.1 Å². The number of ether oxygens (including phenoxy) is 1. The zero-order valence-corrected chi connectivity index (χ0v) is 21.0. The van der Waals surface area contributed by atoms with Gasteiger partial charge in [-0.15, -0.1) is 0 Å². The van der Waals surface area contributed by atoms with Gasteiger partial charge in [0.1, 0.15) is 10.6 Å². The lowest BCUT2D eigenvalue weighted by atomic mass is 10.1. The van der Waals surface area contributed by atoms with Crippen LogP contribution in [0.1, 0.15) is 39.3 Å². The first kappa shape index (κ1) is 24.4. The second-order valence-electron chi connectivity index (χ2n) is 9.62. The molecule has 2 amide bonds. The number of sulfone groups is 1. The lowest BCUT2D eigenvalue weighted by molar-refractivity contribution is 0.0985. The van der Waals surface area contributed by atoms with E-state index in [0.717, 1.165) is 5.56 Å². The number of nitrogens with one attached hydrogen (secondary N) is 2. The van der Waals surface area contributed by atoms with Crippen molar-refractivity contribution in [2.75, 3.05) is 42.8 Å². The molecule has 9 nitrogen and oxygen atoms in total. The third kappa shape index (κ3) is 5.17. The minimum atomic E-state index is -3.32. The maximum absolute atomic E-state index is 12.6. The summed E-state index contributed by atoms with van der Waals surface area (Å²) in [6, 6.07) is 8.95. The van der Waals surface area contributed by atoms with Gasteiger partial charge in [0, 0.05) is 36.7 Å². The molecule has 34 heavy (non-hydrogen) atoms. The Bertz CT molecular complexity index is 1150. The molecule has 2 aliphatic rings. The topological polar surface area (TPSA) is 114 Å². The van der Waals surface area contributed by atoms with Gasteiger partial charge < -0.3 is 20.3 Å². The van der Waals surface area contributed by atoms with Crippen molar-refractivity contribution in [2.24, 2.45) is 5.92 Å². The average molecular weight is 488 g/mol. The Balaban J connectivity index is 1.65. The van der Waals surface area contributed by atoms with Crippen molar-refractivity contribution in [3.63, 3.8) is 0 Å². The highest BCUT2D eigenvalue weighted by Crippen LogP contribution is 2.52. The number of rotatable bonds is 7. The summed E-state index contributed by atoms with van der Waals surface area (Å²) in [6.45, 7) is 8.58. The summed E-state index contributed by atoms with van der Waals surface area (Å²) in [4.78, 5) is 23.7. The highest BCUT2D eigenvalue weighted by molar-refractivity contribution is 7.91. The van der Waals surface area contributed by atoms with E-state index >= 15 is 0 Å². The molecule has 1 atom stereocenters. The molecule has 1 aromatic heterocycles. The van der Waals surface area contributed by atoms with Crippen LogP contribution in [0.15, 0.2) is 30.3 Å². The van der Waals surface area contributed by atoms with Crippen molar-refractivity contribution in [2.45, 2.75) is 44.4 Å². The first-order valence-electron chi connectivity index (χ1n) is 11.7. The zero-order valence-electron chi connectivity index (χ0n) is 20.2. The van der Waals surface area contributed by atoms with Crippen LogP contribution < -0.4 is 15.5 Å². The van der Waals surface area contributed by atoms with Crippen molar-refractivity contribution in [1.82, 2.24) is 15.3 Å². The number of urea groups is 1. The van der Waals surface area contributed by atoms with Crippen LogP contribution in [0.3, 0.4) is 0 Å². The number of hydrogen-bond acceptors (Lipinski definition) is 7. The van der Waals surface area contributed by atoms with Gasteiger partial charge in [-0.05, 0) is 49.9 Å². The van der Waals surface area contributed by atoms with E-state index in [1.54, 1.807) is 12.1 Å². The Kier molecular flexibility index (Phi) is 6.82. The number of anilines is 2. The molecule has 1 aliphatic carbocycles. The van der Waals surface area contributed by atoms with E-state index in [1.165, 1.54) is 6.26 Å². The molecule has 1 aliphatic heterocycles. The fraction of sp³-hybridized carbons (Fsp3) is 0.542. The second-order valence-corrected chi connectivity index (χ2v) is 12.0. The van der Waals surface area contributed by atoms with Gasteiger partial charge in [0.2, 0.25) is 0 Å². The van der Waals surface area contributed by atoms with Crippen LogP contribution in [0.4, 0.5) is 16.3 Å². The quantitative estimate of drug-likeness (QED) is 0.617. The van der Waals surface area contributed by atoms with E-state index in [-0.39, 0.29) is 12.1 Å². The van der Waals surface area contributed by atoms with Gasteiger partial charge in [0.15, 0.2) is 15.7 Å². The number of hydrogen-bond donors (Lipinski definition) is 2. The van der Waals surface area contributed by atoms with Crippen molar-refractivity contribution < 1.29 is 17.9 Å². The first-order chi connectivity index (χ1) is 16.1. The summed E-state index contributed by atoms with van der Waals surface area (Å²) in [6.07, 6.45) is 2.41. The van der Waals surface area contributed by atoms with Crippen LogP contribution in [0.25, 0.3) is 11.4 Å². The zero-order chi connectivity index (χ0) is 24.5. The van der Waals surface area contributed by atoms with Gasteiger partial charge in [-0.3, -0.25) is 0 Å². The van der Waals surface area contributed by atoms with Crippen molar-refractivity contribution in [1.29, 1.82) is 0 Å². The predicted octanol–water partition coefficient (Wildman–Crippen LogP) is 3.18. The molecule has 0 bridgehead atoms. The van der Waals surface area contributed by atoms with Crippen LogP contribution >= 0.6 is 0 Å². The van der Waals surface area contributed by atoms with Gasteiger partial charge in [-0.1, -0.05) is 13.8 Å². The van der Waals surface area contributed by atoms with Gasteiger partial charge in [0.25, 0.3) is 0 Å². The molecule has 2 fully saturated rings. The first-order valence-corrected chi connectivity index (χ1v) is 13.6. The Hall–Kier alpha value is -2.72. The van der Waals surface area contributed by atoms with Crippen LogP contribution in [-0.4, -0.2) is 63.0 Å². The molecule has 4 rings (SSSR count). The number of aromatic nitrogens is 2. The average Bonchev–Trinajstić information content (AvgIpc) is 3.61. The van der Waals surface area contributed by atoms with E-state index in [2.05, 4.69) is 22.5 Å². The number of nitrogens with zero attached hydrogens (tertiary/aromatic N) is 3. The van der Waals surface area contributed by atoms with Crippen LogP contribution in [0.5, 0.6) is 0 Å². The summed E-state index contributed by atoms with van der Waals surface area (Å²) in [5.74, 6) is 1.54. The van der Waals surface area contributed by atoms with Gasteiger partial charge in [-0.25, -0.2) is 23.2 Å². The highest BCUT2D eigenvalue weighted by Gasteiger charge is 2.55. The number of carbonyl (C=O) groups is 1. The Morgan fingerprint density at radius 3 is 2.53 bits per heavy atom. The summed E-state index contributed by atoms with van der Waals surface area (Å²) in [5, 5.41) is 5.64. The summed E-state index contributed by atoms with van der Waals surface area (Å²) in [7, 11) is -3.32. The van der Waals surface area contributed by atoms with Crippen LogP contribution in [0.2, 0.25) is 0 Å². The second kappa shape index (κ2) is 9.50. The highest BCUT2D eigenvalue weighted by atomic mass is 32.2. The van der Waals surface area contributed by atoms with E-state index in [1.807, 2.05) is 32.0 Å². The Morgan fingerprint density at radius 2 is 1.94 bits per heavy atom.